The number of carbonyl (C=O) groups excluding carboxylic acids is 1. The van der Waals surface area contributed by atoms with Crippen molar-refractivity contribution < 1.29 is 19.4 Å². The van der Waals surface area contributed by atoms with Gasteiger partial charge in [-0.3, -0.25) is 4.79 Å². The first-order chi connectivity index (χ1) is 9.41. The molecule has 0 radical (unpaired) electrons. The lowest BCUT2D eigenvalue weighted by Crippen LogP contribution is -2.66. The van der Waals surface area contributed by atoms with Crippen LogP contribution in [-0.4, -0.2) is 36.0 Å². The highest BCUT2D eigenvalue weighted by Crippen LogP contribution is 2.53. The van der Waals surface area contributed by atoms with Gasteiger partial charge < -0.3 is 14.6 Å². The molecule has 3 rings (SSSR count). The molecule has 1 N–H and O–H groups in total. The lowest BCUT2D eigenvalue weighted by molar-refractivity contribution is -0.227. The Labute approximate surface area is 119 Å². The molecule has 0 spiro atoms. The van der Waals surface area contributed by atoms with E-state index in [1.807, 2.05) is 6.92 Å². The van der Waals surface area contributed by atoms with Gasteiger partial charge in [0.05, 0.1) is 6.10 Å². The minimum atomic E-state index is -1.50. The van der Waals surface area contributed by atoms with Crippen molar-refractivity contribution in [3.8, 4) is 0 Å². The standard InChI is InChI=1S/C16H22O4/c1-8-5-6-11-9(2)7-12(17)16(18)10(3)15(19-4)20-14(8)13(11)16/h5,9,11,13-15,18H,3,6-7H2,1-2,4H3/t9-,11+,13+,14+,15-,16+/m0/s1. The number of ketones is 1. The van der Waals surface area contributed by atoms with Gasteiger partial charge in [-0.1, -0.05) is 19.6 Å². The van der Waals surface area contributed by atoms with E-state index >= 15 is 0 Å². The molecule has 4 heteroatoms. The monoisotopic (exact) mass is 278 g/mol. The van der Waals surface area contributed by atoms with Crippen LogP contribution in [0.5, 0.6) is 0 Å². The Morgan fingerprint density at radius 2 is 2.25 bits per heavy atom. The third-order valence-corrected chi connectivity index (χ3v) is 5.35. The van der Waals surface area contributed by atoms with Crippen LogP contribution in [0.15, 0.2) is 23.8 Å². The number of hydrogen-bond donors (Lipinski definition) is 1. The highest BCUT2D eigenvalue weighted by molar-refractivity contribution is 5.92. The van der Waals surface area contributed by atoms with Crippen LogP contribution in [0.25, 0.3) is 0 Å². The maximum atomic E-state index is 12.5. The summed E-state index contributed by atoms with van der Waals surface area (Å²) in [7, 11) is 1.51. The van der Waals surface area contributed by atoms with E-state index in [-0.39, 0.29) is 29.6 Å². The van der Waals surface area contributed by atoms with Crippen molar-refractivity contribution in [2.75, 3.05) is 7.11 Å². The van der Waals surface area contributed by atoms with E-state index in [0.29, 0.717) is 12.0 Å². The van der Waals surface area contributed by atoms with Gasteiger partial charge in [0.2, 0.25) is 0 Å². The summed E-state index contributed by atoms with van der Waals surface area (Å²) < 4.78 is 11.2. The highest BCUT2D eigenvalue weighted by atomic mass is 16.7. The number of hydrogen-bond acceptors (Lipinski definition) is 4. The van der Waals surface area contributed by atoms with Gasteiger partial charge in [-0.2, -0.15) is 0 Å². The van der Waals surface area contributed by atoms with Gasteiger partial charge >= 0.3 is 0 Å². The van der Waals surface area contributed by atoms with Crippen LogP contribution in [0.1, 0.15) is 26.7 Å². The summed E-state index contributed by atoms with van der Waals surface area (Å²) in [6, 6.07) is 0. The molecule has 1 saturated carbocycles. The summed E-state index contributed by atoms with van der Waals surface area (Å²) >= 11 is 0. The Hall–Kier alpha value is -0.970. The zero-order chi connectivity index (χ0) is 14.7. The summed E-state index contributed by atoms with van der Waals surface area (Å²) in [5, 5.41) is 11.1. The second kappa shape index (κ2) is 4.52. The molecule has 0 aromatic carbocycles. The van der Waals surface area contributed by atoms with Gasteiger partial charge in [0, 0.05) is 25.0 Å². The van der Waals surface area contributed by atoms with E-state index in [0.717, 1.165) is 12.0 Å². The summed E-state index contributed by atoms with van der Waals surface area (Å²) in [5.41, 5.74) is -0.0741. The van der Waals surface area contributed by atoms with Gasteiger partial charge in [-0.15, -0.1) is 0 Å². The maximum absolute atomic E-state index is 12.5. The Morgan fingerprint density at radius 3 is 2.90 bits per heavy atom. The van der Waals surface area contributed by atoms with Crippen LogP contribution < -0.4 is 0 Å². The van der Waals surface area contributed by atoms with Gasteiger partial charge in [-0.05, 0) is 30.8 Å². The van der Waals surface area contributed by atoms with Crippen LogP contribution in [0.4, 0.5) is 0 Å². The summed E-state index contributed by atoms with van der Waals surface area (Å²) in [5.74, 6) is 0.139. The molecule has 6 atom stereocenters. The van der Waals surface area contributed by atoms with Crippen LogP contribution in [0.2, 0.25) is 0 Å². The molecule has 0 aromatic rings. The number of aliphatic hydroxyl groups is 1. The average molecular weight is 278 g/mol. The van der Waals surface area contributed by atoms with Crippen molar-refractivity contribution in [2.24, 2.45) is 17.8 Å². The Balaban J connectivity index is 2.12. The van der Waals surface area contributed by atoms with Crippen LogP contribution in [-0.2, 0) is 14.3 Å². The fourth-order valence-corrected chi connectivity index (χ4v) is 4.17. The van der Waals surface area contributed by atoms with E-state index in [9.17, 15) is 9.90 Å². The molecular formula is C16H22O4. The smallest absolute Gasteiger partial charge is 0.183 e. The number of allylic oxidation sites excluding steroid dienone is 1. The first-order valence-corrected chi connectivity index (χ1v) is 7.21. The van der Waals surface area contributed by atoms with Gasteiger partial charge in [-0.25, -0.2) is 0 Å². The predicted molar refractivity (Wildman–Crippen MR) is 73.9 cm³/mol. The average Bonchev–Trinajstić information content (AvgIpc) is 2.41. The van der Waals surface area contributed by atoms with Gasteiger partial charge in [0.15, 0.2) is 17.7 Å². The van der Waals surface area contributed by atoms with Crippen molar-refractivity contribution >= 4 is 5.78 Å². The van der Waals surface area contributed by atoms with Crippen LogP contribution >= 0.6 is 0 Å². The number of rotatable bonds is 1. The molecule has 1 heterocycles. The fourth-order valence-electron chi connectivity index (χ4n) is 4.17. The predicted octanol–water partition coefficient (Wildman–Crippen LogP) is 1.84. The molecule has 0 amide bonds. The van der Waals surface area contributed by atoms with E-state index in [1.54, 1.807) is 0 Å². The minimum absolute atomic E-state index is 0.138. The quantitative estimate of drug-likeness (QED) is 0.744. The molecule has 1 aliphatic heterocycles. The third-order valence-electron chi connectivity index (χ3n) is 5.35. The summed E-state index contributed by atoms with van der Waals surface area (Å²) in [6.45, 7) is 7.98. The summed E-state index contributed by atoms with van der Waals surface area (Å²) in [6.07, 6.45) is 2.46. The first kappa shape index (κ1) is 14.0. The number of ether oxygens (including phenoxy) is 2. The van der Waals surface area contributed by atoms with Crippen LogP contribution in [0, 0.1) is 17.8 Å². The van der Waals surface area contributed by atoms with Crippen molar-refractivity contribution in [3.05, 3.63) is 23.8 Å². The van der Waals surface area contributed by atoms with Crippen molar-refractivity contribution in [2.45, 2.75) is 44.7 Å². The van der Waals surface area contributed by atoms with Crippen molar-refractivity contribution in [3.63, 3.8) is 0 Å². The Bertz CT molecular complexity index is 495. The molecule has 3 aliphatic rings. The maximum Gasteiger partial charge on any atom is 0.183 e. The molecule has 20 heavy (non-hydrogen) atoms. The molecule has 110 valence electrons. The number of Topliss-reactive ketones (excluding diaryl/α,β-unsaturated/α-hetero) is 1. The third kappa shape index (κ3) is 1.62. The molecule has 1 saturated heterocycles. The van der Waals surface area contributed by atoms with E-state index in [1.165, 1.54) is 7.11 Å². The normalized spacial score (nSPS) is 47.8. The lowest BCUT2D eigenvalue weighted by Gasteiger charge is -2.56. The molecule has 2 aliphatic carbocycles. The molecule has 0 bridgehead atoms. The second-order valence-corrected chi connectivity index (χ2v) is 6.39. The molecular weight excluding hydrogens is 256 g/mol. The molecule has 2 fully saturated rings. The minimum Gasteiger partial charge on any atom is -0.377 e. The number of methoxy groups -OCH3 is 1. The van der Waals surface area contributed by atoms with Crippen molar-refractivity contribution in [1.82, 2.24) is 0 Å². The number of carbonyl (C=O) groups is 1. The zero-order valence-electron chi connectivity index (χ0n) is 12.3. The van der Waals surface area contributed by atoms with E-state index in [4.69, 9.17) is 9.47 Å². The molecule has 0 aromatic heterocycles. The van der Waals surface area contributed by atoms with Crippen molar-refractivity contribution in [1.29, 1.82) is 0 Å². The first-order valence-electron chi connectivity index (χ1n) is 7.21. The van der Waals surface area contributed by atoms with Gasteiger partial charge in [0.25, 0.3) is 0 Å². The SMILES string of the molecule is C=C1[C@@H](OC)O[C@@H]2C(C)=CC[C@H]3[C@H]2[C@]1(O)C(=O)C[C@@H]3C. The van der Waals surface area contributed by atoms with Gasteiger partial charge in [0.1, 0.15) is 0 Å². The molecule has 4 nitrogen and oxygen atoms in total. The fraction of sp³-hybridized carbons (Fsp3) is 0.688. The zero-order valence-corrected chi connectivity index (χ0v) is 12.3. The lowest BCUT2D eigenvalue weighted by atomic mass is 9.55. The van der Waals surface area contributed by atoms with E-state index in [2.05, 4.69) is 19.6 Å². The molecule has 0 unspecified atom stereocenters. The van der Waals surface area contributed by atoms with E-state index < -0.39 is 11.9 Å². The second-order valence-electron chi connectivity index (χ2n) is 6.39. The Kier molecular flexibility index (Phi) is 3.16. The highest BCUT2D eigenvalue weighted by Gasteiger charge is 2.62. The topological polar surface area (TPSA) is 55.8 Å². The Morgan fingerprint density at radius 1 is 1.55 bits per heavy atom. The van der Waals surface area contributed by atoms with Crippen LogP contribution in [0.3, 0.4) is 0 Å². The largest absolute Gasteiger partial charge is 0.377 e. The summed E-state index contributed by atoms with van der Waals surface area (Å²) in [4.78, 5) is 12.5.